The largest absolute Gasteiger partial charge is 0.348 e. The third kappa shape index (κ3) is 4.30. The third-order valence-corrected chi connectivity index (χ3v) is 3.27. The van der Waals surface area contributed by atoms with Crippen LogP contribution < -0.4 is 10.6 Å². The van der Waals surface area contributed by atoms with Crippen molar-refractivity contribution in [2.75, 3.05) is 13.1 Å². The Morgan fingerprint density at radius 1 is 1.35 bits per heavy atom. The van der Waals surface area contributed by atoms with Crippen molar-refractivity contribution in [1.82, 2.24) is 10.6 Å². The number of piperidine rings is 1. The Balaban J connectivity index is 0.00000144. The van der Waals surface area contributed by atoms with Gasteiger partial charge in [0, 0.05) is 22.6 Å². The summed E-state index contributed by atoms with van der Waals surface area (Å²) in [4.78, 5) is 11.9. The van der Waals surface area contributed by atoms with E-state index in [4.69, 9.17) is 0 Å². The number of halogens is 2. The van der Waals surface area contributed by atoms with Crippen molar-refractivity contribution in [3.8, 4) is 0 Å². The molecule has 1 heterocycles. The second kappa shape index (κ2) is 6.99. The molecule has 2 rings (SSSR count). The predicted octanol–water partition coefficient (Wildman–Crippen LogP) is 2.35. The topological polar surface area (TPSA) is 41.1 Å². The summed E-state index contributed by atoms with van der Waals surface area (Å²) in [6, 6.07) is 7.69. The summed E-state index contributed by atoms with van der Waals surface area (Å²) in [5.74, 6) is 0.0150. The zero-order valence-corrected chi connectivity index (χ0v) is 11.8. The van der Waals surface area contributed by atoms with Gasteiger partial charge in [0.2, 0.25) is 0 Å². The number of hydrogen-bond donors (Lipinski definition) is 2. The van der Waals surface area contributed by atoms with E-state index in [1.807, 2.05) is 24.3 Å². The van der Waals surface area contributed by atoms with Gasteiger partial charge in [-0.25, -0.2) is 0 Å². The van der Waals surface area contributed by atoms with Crippen LogP contribution in [0.3, 0.4) is 0 Å². The number of carbonyl (C=O) groups is 1. The van der Waals surface area contributed by atoms with Crippen LogP contribution in [-0.2, 0) is 0 Å². The van der Waals surface area contributed by atoms with Crippen LogP contribution in [0.25, 0.3) is 0 Å². The van der Waals surface area contributed by atoms with Crippen LogP contribution in [0.15, 0.2) is 28.7 Å². The van der Waals surface area contributed by atoms with Crippen molar-refractivity contribution in [3.05, 3.63) is 34.3 Å². The molecule has 1 aromatic rings. The zero-order chi connectivity index (χ0) is 11.4. The van der Waals surface area contributed by atoms with Crippen molar-refractivity contribution in [2.24, 2.45) is 0 Å². The van der Waals surface area contributed by atoms with Crippen molar-refractivity contribution in [1.29, 1.82) is 0 Å². The van der Waals surface area contributed by atoms with Gasteiger partial charge in [-0.05, 0) is 43.7 Å². The Labute approximate surface area is 116 Å². The van der Waals surface area contributed by atoms with Gasteiger partial charge >= 0.3 is 0 Å². The van der Waals surface area contributed by atoms with Crippen LogP contribution in [0.2, 0.25) is 0 Å². The highest BCUT2D eigenvalue weighted by atomic mass is 79.9. The standard InChI is InChI=1S/C12H15BrN2O.ClH/c13-10-5-3-9(4-6-10)12(16)15-11-2-1-7-14-8-11;/h3-6,11,14H,1-2,7-8H2,(H,15,16);1H/t11-;/m1./s1. The molecule has 5 heteroatoms. The maximum atomic E-state index is 11.9. The average Bonchev–Trinajstić information content (AvgIpc) is 2.31. The minimum Gasteiger partial charge on any atom is -0.348 e. The van der Waals surface area contributed by atoms with E-state index in [0.717, 1.165) is 30.4 Å². The number of benzene rings is 1. The SMILES string of the molecule is Cl.O=C(N[C@@H]1CCCNC1)c1ccc(Br)cc1. The second-order valence-electron chi connectivity index (χ2n) is 4.02. The molecule has 0 bridgehead atoms. The second-order valence-corrected chi connectivity index (χ2v) is 4.94. The van der Waals surface area contributed by atoms with Gasteiger partial charge in [0.1, 0.15) is 0 Å². The van der Waals surface area contributed by atoms with Gasteiger partial charge in [-0.3, -0.25) is 4.79 Å². The monoisotopic (exact) mass is 318 g/mol. The lowest BCUT2D eigenvalue weighted by Gasteiger charge is -2.23. The van der Waals surface area contributed by atoms with Crippen LogP contribution >= 0.6 is 28.3 Å². The van der Waals surface area contributed by atoms with E-state index in [1.165, 1.54) is 0 Å². The molecule has 1 amide bonds. The molecule has 3 nitrogen and oxygen atoms in total. The molecule has 94 valence electrons. The maximum absolute atomic E-state index is 11.9. The first-order valence-corrected chi connectivity index (χ1v) is 6.32. The van der Waals surface area contributed by atoms with E-state index in [1.54, 1.807) is 0 Å². The van der Waals surface area contributed by atoms with Gasteiger partial charge in [0.25, 0.3) is 5.91 Å². The molecule has 0 aliphatic carbocycles. The first kappa shape index (κ1) is 14.5. The van der Waals surface area contributed by atoms with E-state index in [2.05, 4.69) is 26.6 Å². The Morgan fingerprint density at radius 3 is 2.65 bits per heavy atom. The smallest absolute Gasteiger partial charge is 0.251 e. The number of hydrogen-bond acceptors (Lipinski definition) is 2. The van der Waals surface area contributed by atoms with E-state index in [-0.39, 0.29) is 24.4 Å². The van der Waals surface area contributed by atoms with Gasteiger partial charge in [0.15, 0.2) is 0 Å². The Bertz CT molecular complexity index is 363. The van der Waals surface area contributed by atoms with E-state index < -0.39 is 0 Å². The first-order valence-electron chi connectivity index (χ1n) is 5.53. The lowest BCUT2D eigenvalue weighted by molar-refractivity contribution is 0.0930. The molecule has 0 saturated carbocycles. The number of amides is 1. The normalized spacial score (nSPS) is 19.2. The molecule has 1 aliphatic rings. The van der Waals surface area contributed by atoms with Gasteiger partial charge < -0.3 is 10.6 Å². The Hall–Kier alpha value is -0.580. The quantitative estimate of drug-likeness (QED) is 0.878. The lowest BCUT2D eigenvalue weighted by atomic mass is 10.1. The fourth-order valence-electron chi connectivity index (χ4n) is 1.85. The fourth-order valence-corrected chi connectivity index (χ4v) is 2.11. The number of nitrogens with one attached hydrogen (secondary N) is 2. The minimum absolute atomic E-state index is 0. The summed E-state index contributed by atoms with van der Waals surface area (Å²) in [7, 11) is 0. The summed E-state index contributed by atoms with van der Waals surface area (Å²) in [6.07, 6.45) is 2.19. The predicted molar refractivity (Wildman–Crippen MR) is 74.7 cm³/mol. The van der Waals surface area contributed by atoms with Crippen molar-refractivity contribution in [2.45, 2.75) is 18.9 Å². The first-order chi connectivity index (χ1) is 7.75. The Morgan fingerprint density at radius 2 is 2.06 bits per heavy atom. The molecule has 17 heavy (non-hydrogen) atoms. The zero-order valence-electron chi connectivity index (χ0n) is 9.41. The molecular weight excluding hydrogens is 304 g/mol. The molecule has 1 fully saturated rings. The molecule has 1 saturated heterocycles. The van der Waals surface area contributed by atoms with Crippen molar-refractivity contribution >= 4 is 34.2 Å². The van der Waals surface area contributed by atoms with Crippen molar-refractivity contribution in [3.63, 3.8) is 0 Å². The summed E-state index contributed by atoms with van der Waals surface area (Å²) in [6.45, 7) is 1.94. The van der Waals surface area contributed by atoms with E-state index in [0.29, 0.717) is 5.56 Å². The molecule has 1 aromatic carbocycles. The number of rotatable bonds is 2. The molecule has 0 unspecified atom stereocenters. The molecule has 0 aromatic heterocycles. The Kier molecular flexibility index (Phi) is 5.95. The summed E-state index contributed by atoms with van der Waals surface area (Å²) < 4.78 is 0.989. The highest BCUT2D eigenvalue weighted by molar-refractivity contribution is 9.10. The van der Waals surface area contributed by atoms with Gasteiger partial charge in [-0.2, -0.15) is 0 Å². The molecule has 1 aliphatic heterocycles. The van der Waals surface area contributed by atoms with E-state index >= 15 is 0 Å². The fraction of sp³-hybridized carbons (Fsp3) is 0.417. The third-order valence-electron chi connectivity index (χ3n) is 2.74. The van der Waals surface area contributed by atoms with Crippen LogP contribution in [0.4, 0.5) is 0 Å². The maximum Gasteiger partial charge on any atom is 0.251 e. The number of carbonyl (C=O) groups excluding carboxylic acids is 1. The molecule has 2 N–H and O–H groups in total. The van der Waals surface area contributed by atoms with E-state index in [9.17, 15) is 4.79 Å². The molecule has 0 radical (unpaired) electrons. The van der Waals surface area contributed by atoms with Gasteiger partial charge in [-0.1, -0.05) is 15.9 Å². The summed E-state index contributed by atoms with van der Waals surface area (Å²) in [5.41, 5.74) is 0.716. The van der Waals surface area contributed by atoms with Crippen LogP contribution in [-0.4, -0.2) is 25.0 Å². The summed E-state index contributed by atoms with van der Waals surface area (Å²) >= 11 is 3.35. The van der Waals surface area contributed by atoms with Crippen LogP contribution in [0.1, 0.15) is 23.2 Å². The van der Waals surface area contributed by atoms with Gasteiger partial charge in [0.05, 0.1) is 0 Å². The highest BCUT2D eigenvalue weighted by Crippen LogP contribution is 2.11. The highest BCUT2D eigenvalue weighted by Gasteiger charge is 2.15. The summed E-state index contributed by atoms with van der Waals surface area (Å²) in [5, 5.41) is 6.32. The van der Waals surface area contributed by atoms with Crippen molar-refractivity contribution < 1.29 is 4.79 Å². The minimum atomic E-state index is 0. The average molecular weight is 320 g/mol. The lowest BCUT2D eigenvalue weighted by Crippen LogP contribution is -2.45. The van der Waals surface area contributed by atoms with Crippen LogP contribution in [0, 0.1) is 0 Å². The molecule has 1 atom stereocenters. The molecule has 0 spiro atoms. The van der Waals surface area contributed by atoms with Crippen LogP contribution in [0.5, 0.6) is 0 Å². The molecular formula is C12H16BrClN2O. The van der Waals surface area contributed by atoms with Gasteiger partial charge in [-0.15, -0.1) is 12.4 Å².